The lowest BCUT2D eigenvalue weighted by Crippen LogP contribution is -2.09. The Kier molecular flexibility index (Phi) is 4.02. The topological polar surface area (TPSA) is 101 Å². The van der Waals surface area contributed by atoms with Gasteiger partial charge in [-0.05, 0) is 0 Å². The van der Waals surface area contributed by atoms with Crippen LogP contribution in [-0.4, -0.2) is 44.8 Å². The quantitative estimate of drug-likeness (QED) is 0.723. The van der Waals surface area contributed by atoms with Crippen LogP contribution in [0.15, 0.2) is 18.7 Å². The first-order valence-electron chi connectivity index (χ1n) is 5.41. The number of imidazole rings is 1. The van der Waals surface area contributed by atoms with Gasteiger partial charge in [0.15, 0.2) is 0 Å². The van der Waals surface area contributed by atoms with Gasteiger partial charge in [-0.2, -0.15) is 15.0 Å². The molecule has 0 aliphatic rings. The fraction of sp³-hybridized carbons (Fsp3) is 0.400. The van der Waals surface area contributed by atoms with Crippen molar-refractivity contribution in [1.29, 1.82) is 0 Å². The summed E-state index contributed by atoms with van der Waals surface area (Å²) >= 11 is 0. The number of anilines is 1. The molecule has 18 heavy (non-hydrogen) atoms. The highest BCUT2D eigenvalue weighted by molar-refractivity contribution is 5.24. The van der Waals surface area contributed by atoms with Crippen LogP contribution in [0.3, 0.4) is 0 Å². The van der Waals surface area contributed by atoms with Crippen molar-refractivity contribution in [1.82, 2.24) is 24.5 Å². The molecule has 0 bridgehead atoms. The zero-order valence-corrected chi connectivity index (χ0v) is 9.98. The van der Waals surface area contributed by atoms with E-state index in [-0.39, 0.29) is 12.0 Å². The number of hydrogen-bond donors (Lipinski definition) is 1. The maximum absolute atomic E-state index is 5.60. The van der Waals surface area contributed by atoms with Crippen molar-refractivity contribution in [3.63, 3.8) is 0 Å². The van der Waals surface area contributed by atoms with E-state index in [0.717, 1.165) is 6.42 Å². The fourth-order valence-corrected chi connectivity index (χ4v) is 1.29. The van der Waals surface area contributed by atoms with Gasteiger partial charge in [0.2, 0.25) is 11.9 Å². The highest BCUT2D eigenvalue weighted by Crippen LogP contribution is 2.08. The van der Waals surface area contributed by atoms with Crippen LogP contribution >= 0.6 is 0 Å². The van der Waals surface area contributed by atoms with E-state index in [1.54, 1.807) is 30.4 Å². The van der Waals surface area contributed by atoms with Crippen molar-refractivity contribution in [3.8, 4) is 12.0 Å². The molecule has 0 unspecified atom stereocenters. The Balaban J connectivity index is 2.07. The molecule has 96 valence electrons. The van der Waals surface area contributed by atoms with Gasteiger partial charge in [-0.25, -0.2) is 4.98 Å². The summed E-state index contributed by atoms with van der Waals surface area (Å²) in [5, 5.41) is 0. The van der Waals surface area contributed by atoms with E-state index in [2.05, 4.69) is 19.9 Å². The molecule has 0 saturated heterocycles. The number of nitrogens with two attached hydrogens (primary N) is 1. The molecule has 2 aromatic rings. The van der Waals surface area contributed by atoms with E-state index in [0.29, 0.717) is 19.2 Å². The zero-order chi connectivity index (χ0) is 12.8. The van der Waals surface area contributed by atoms with Crippen LogP contribution in [0, 0.1) is 0 Å². The van der Waals surface area contributed by atoms with Gasteiger partial charge in [-0.1, -0.05) is 0 Å². The van der Waals surface area contributed by atoms with Gasteiger partial charge in [0.25, 0.3) is 0 Å². The lowest BCUT2D eigenvalue weighted by molar-refractivity contribution is 0.168. The maximum Gasteiger partial charge on any atom is 0.323 e. The molecule has 2 rings (SSSR count). The molecule has 0 atom stereocenters. The molecular formula is C10H14N6O2. The summed E-state index contributed by atoms with van der Waals surface area (Å²) in [4.78, 5) is 15.9. The second-order valence-corrected chi connectivity index (χ2v) is 3.44. The summed E-state index contributed by atoms with van der Waals surface area (Å²) in [6, 6.07) is 0.197. The predicted octanol–water partition coefficient (Wildman–Crippen LogP) is 0.0548. The zero-order valence-electron chi connectivity index (χ0n) is 9.98. The second kappa shape index (κ2) is 5.92. The largest absolute Gasteiger partial charge is 0.463 e. The van der Waals surface area contributed by atoms with Crippen molar-refractivity contribution >= 4 is 5.95 Å². The van der Waals surface area contributed by atoms with Crippen molar-refractivity contribution in [2.45, 2.75) is 6.42 Å². The molecule has 2 aromatic heterocycles. The minimum Gasteiger partial charge on any atom is -0.463 e. The first-order valence-corrected chi connectivity index (χ1v) is 5.41. The average Bonchev–Trinajstić information content (AvgIpc) is 2.88. The number of aromatic nitrogens is 5. The van der Waals surface area contributed by atoms with Gasteiger partial charge < -0.3 is 15.2 Å². The van der Waals surface area contributed by atoms with Crippen LogP contribution in [0.2, 0.25) is 0 Å². The lowest BCUT2D eigenvalue weighted by Gasteiger charge is -2.06. The summed E-state index contributed by atoms with van der Waals surface area (Å²) in [6.45, 7) is 1.08. The van der Waals surface area contributed by atoms with Gasteiger partial charge in [0.05, 0.1) is 6.61 Å². The third-order valence-electron chi connectivity index (χ3n) is 2.08. The lowest BCUT2D eigenvalue weighted by atomic mass is 10.5. The van der Waals surface area contributed by atoms with Crippen LogP contribution in [0.4, 0.5) is 5.95 Å². The average molecular weight is 250 g/mol. The molecule has 0 amide bonds. The maximum atomic E-state index is 5.60. The van der Waals surface area contributed by atoms with Gasteiger partial charge in [-0.3, -0.25) is 4.57 Å². The fourth-order valence-electron chi connectivity index (χ4n) is 1.29. The van der Waals surface area contributed by atoms with Gasteiger partial charge in [0.1, 0.15) is 6.33 Å². The second-order valence-electron chi connectivity index (χ2n) is 3.44. The molecule has 8 nitrogen and oxygen atoms in total. The summed E-state index contributed by atoms with van der Waals surface area (Å²) in [7, 11) is 1.64. The molecule has 0 aromatic carbocycles. The molecule has 0 radical (unpaired) electrons. The van der Waals surface area contributed by atoms with Gasteiger partial charge in [0, 0.05) is 32.5 Å². The van der Waals surface area contributed by atoms with E-state index in [1.165, 1.54) is 0 Å². The Labute approximate surface area is 104 Å². The molecule has 0 fully saturated rings. The van der Waals surface area contributed by atoms with Crippen LogP contribution in [-0.2, 0) is 4.74 Å². The van der Waals surface area contributed by atoms with Crippen LogP contribution in [0.5, 0.6) is 6.01 Å². The molecule has 0 spiro atoms. The van der Waals surface area contributed by atoms with E-state index < -0.39 is 0 Å². The summed E-state index contributed by atoms with van der Waals surface area (Å²) in [5.74, 6) is 0.484. The molecule has 0 saturated carbocycles. The first kappa shape index (κ1) is 12.2. The summed E-state index contributed by atoms with van der Waals surface area (Å²) in [5.41, 5.74) is 5.60. The van der Waals surface area contributed by atoms with Gasteiger partial charge in [-0.15, -0.1) is 0 Å². The summed E-state index contributed by atoms with van der Waals surface area (Å²) < 4.78 is 11.9. The number of nitrogens with zero attached hydrogens (tertiary/aromatic N) is 5. The third-order valence-corrected chi connectivity index (χ3v) is 2.08. The molecular weight excluding hydrogens is 236 g/mol. The molecule has 2 N–H and O–H groups in total. The SMILES string of the molecule is COCCCOc1nc(N)nc(-n2ccnc2)n1. The monoisotopic (exact) mass is 250 g/mol. The Hall–Kier alpha value is -2.22. The van der Waals surface area contributed by atoms with Gasteiger partial charge >= 0.3 is 6.01 Å². The third kappa shape index (κ3) is 3.14. The molecule has 8 heteroatoms. The standard InChI is InChI=1S/C10H14N6O2/c1-17-5-2-6-18-10-14-8(11)13-9(15-10)16-4-3-12-7-16/h3-4,7H,2,5-6H2,1H3,(H2,11,13,14,15). The molecule has 0 aliphatic heterocycles. The van der Waals surface area contributed by atoms with E-state index in [9.17, 15) is 0 Å². The molecule has 2 heterocycles. The Morgan fingerprint density at radius 3 is 2.89 bits per heavy atom. The number of methoxy groups -OCH3 is 1. The van der Waals surface area contributed by atoms with E-state index >= 15 is 0 Å². The van der Waals surface area contributed by atoms with Crippen molar-refractivity contribution in [2.75, 3.05) is 26.1 Å². The van der Waals surface area contributed by atoms with Crippen molar-refractivity contribution < 1.29 is 9.47 Å². The van der Waals surface area contributed by atoms with Crippen LogP contribution < -0.4 is 10.5 Å². The summed E-state index contributed by atoms with van der Waals surface area (Å²) in [6.07, 6.45) is 5.66. The smallest absolute Gasteiger partial charge is 0.323 e. The number of hydrogen-bond acceptors (Lipinski definition) is 7. The van der Waals surface area contributed by atoms with E-state index in [1.807, 2.05) is 0 Å². The molecule has 0 aliphatic carbocycles. The predicted molar refractivity (Wildman–Crippen MR) is 63.3 cm³/mol. The van der Waals surface area contributed by atoms with Crippen molar-refractivity contribution in [2.24, 2.45) is 0 Å². The Morgan fingerprint density at radius 2 is 2.17 bits per heavy atom. The highest BCUT2D eigenvalue weighted by atomic mass is 16.5. The number of rotatable bonds is 6. The van der Waals surface area contributed by atoms with Crippen LogP contribution in [0.1, 0.15) is 6.42 Å². The highest BCUT2D eigenvalue weighted by Gasteiger charge is 2.06. The van der Waals surface area contributed by atoms with Crippen molar-refractivity contribution in [3.05, 3.63) is 18.7 Å². The van der Waals surface area contributed by atoms with E-state index in [4.69, 9.17) is 15.2 Å². The first-order chi connectivity index (χ1) is 8.79. The number of ether oxygens (including phenoxy) is 2. The van der Waals surface area contributed by atoms with Crippen LogP contribution in [0.25, 0.3) is 5.95 Å². The minimum atomic E-state index is 0.107. The Morgan fingerprint density at radius 1 is 1.28 bits per heavy atom. The number of nitrogen functional groups attached to an aromatic ring is 1. The minimum absolute atomic E-state index is 0.107. The Bertz CT molecular complexity index is 487. The normalized spacial score (nSPS) is 10.5.